The van der Waals surface area contributed by atoms with Crippen molar-refractivity contribution in [2.24, 2.45) is 0 Å². The minimum atomic E-state index is -4.46. The Morgan fingerprint density at radius 1 is 1.00 bits per heavy atom. The zero-order valence-electron chi connectivity index (χ0n) is 10.0. The maximum atomic E-state index is 13.0. The van der Waals surface area contributed by atoms with E-state index in [2.05, 4.69) is 31.9 Å². The van der Waals surface area contributed by atoms with Gasteiger partial charge in [0.15, 0.2) is 0 Å². The normalized spacial score (nSPS) is 11.4. The van der Waals surface area contributed by atoms with Gasteiger partial charge in [0.25, 0.3) is 0 Å². The van der Waals surface area contributed by atoms with Crippen molar-refractivity contribution in [3.63, 3.8) is 0 Å². The van der Waals surface area contributed by atoms with Crippen molar-refractivity contribution in [3.8, 4) is 11.5 Å². The molecule has 0 unspecified atom stereocenters. The zero-order valence-corrected chi connectivity index (χ0v) is 13.2. The summed E-state index contributed by atoms with van der Waals surface area (Å²) in [6, 6.07) is 10.6. The summed E-state index contributed by atoms with van der Waals surface area (Å²) in [6.07, 6.45) is -4.46. The number of ether oxygens (including phenoxy) is 1. The van der Waals surface area contributed by atoms with Crippen LogP contribution in [0.4, 0.5) is 13.2 Å². The largest absolute Gasteiger partial charge is 0.457 e. The molecule has 0 amide bonds. The molecule has 0 N–H and O–H groups in total. The summed E-state index contributed by atoms with van der Waals surface area (Å²) in [5.74, 6) is 0.148. The Morgan fingerprint density at radius 2 is 1.65 bits per heavy atom. The molecule has 0 aliphatic heterocycles. The number of alkyl halides is 4. The fourth-order valence-corrected chi connectivity index (χ4v) is 2.21. The Bertz CT molecular complexity index is 594. The number of hydrogen-bond acceptors (Lipinski definition) is 1. The fourth-order valence-electron chi connectivity index (χ4n) is 1.60. The van der Waals surface area contributed by atoms with Gasteiger partial charge in [-0.3, -0.25) is 0 Å². The van der Waals surface area contributed by atoms with E-state index in [0.29, 0.717) is 16.6 Å². The third-order valence-corrected chi connectivity index (χ3v) is 3.72. The summed E-state index contributed by atoms with van der Waals surface area (Å²) in [4.78, 5) is 0. The van der Waals surface area contributed by atoms with Gasteiger partial charge in [0.1, 0.15) is 11.5 Å². The molecule has 0 bridgehead atoms. The van der Waals surface area contributed by atoms with Gasteiger partial charge in [-0.25, -0.2) is 0 Å². The number of benzene rings is 2. The maximum absolute atomic E-state index is 13.0. The van der Waals surface area contributed by atoms with Crippen LogP contribution in [0.2, 0.25) is 0 Å². The summed E-state index contributed by atoms with van der Waals surface area (Å²) in [6.45, 7) is 0. The first-order chi connectivity index (χ1) is 9.40. The summed E-state index contributed by atoms with van der Waals surface area (Å²) >= 11 is 6.40. The van der Waals surface area contributed by atoms with Crippen LogP contribution in [0.1, 0.15) is 11.1 Å². The molecule has 0 heterocycles. The fraction of sp³-hybridized carbons (Fsp3) is 0.143. The molecule has 0 atom stereocenters. The molecular weight excluding hydrogens is 401 g/mol. The maximum Gasteiger partial charge on any atom is 0.419 e. The van der Waals surface area contributed by atoms with Crippen molar-refractivity contribution in [3.05, 3.63) is 58.1 Å². The van der Waals surface area contributed by atoms with E-state index < -0.39 is 11.7 Å². The monoisotopic (exact) mass is 408 g/mol. The van der Waals surface area contributed by atoms with E-state index in [-0.39, 0.29) is 5.75 Å². The van der Waals surface area contributed by atoms with Crippen molar-refractivity contribution in [1.29, 1.82) is 0 Å². The second-order valence-electron chi connectivity index (χ2n) is 4.02. The van der Waals surface area contributed by atoms with Gasteiger partial charge in [-0.2, -0.15) is 13.2 Å². The SMILES string of the molecule is FC(F)(F)c1cc(CBr)ccc1Oc1ccc(Br)cc1. The molecule has 2 rings (SSSR count). The lowest BCUT2D eigenvalue weighted by atomic mass is 10.1. The molecule has 0 saturated carbocycles. The molecule has 0 saturated heterocycles. The second-order valence-corrected chi connectivity index (χ2v) is 5.49. The van der Waals surface area contributed by atoms with Crippen LogP contribution in [0, 0.1) is 0 Å². The van der Waals surface area contributed by atoms with Crippen molar-refractivity contribution in [2.75, 3.05) is 0 Å². The van der Waals surface area contributed by atoms with Crippen LogP contribution in [-0.2, 0) is 11.5 Å². The highest BCUT2D eigenvalue weighted by molar-refractivity contribution is 9.10. The van der Waals surface area contributed by atoms with E-state index in [1.165, 1.54) is 6.07 Å². The predicted molar refractivity (Wildman–Crippen MR) is 78.3 cm³/mol. The van der Waals surface area contributed by atoms with Gasteiger partial charge < -0.3 is 4.74 Å². The zero-order chi connectivity index (χ0) is 14.8. The van der Waals surface area contributed by atoms with Gasteiger partial charge in [0.2, 0.25) is 0 Å². The summed E-state index contributed by atoms with van der Waals surface area (Å²) < 4.78 is 45.2. The average Bonchev–Trinajstić information content (AvgIpc) is 2.40. The molecule has 6 heteroatoms. The Balaban J connectivity index is 2.38. The van der Waals surface area contributed by atoms with E-state index in [1.807, 2.05) is 0 Å². The predicted octanol–water partition coefficient (Wildman–Crippen LogP) is 6.16. The van der Waals surface area contributed by atoms with Gasteiger partial charge in [-0.05, 0) is 42.0 Å². The Labute approximate surface area is 131 Å². The second kappa shape index (κ2) is 6.18. The highest BCUT2D eigenvalue weighted by Crippen LogP contribution is 2.39. The molecule has 0 fully saturated rings. The lowest BCUT2D eigenvalue weighted by Crippen LogP contribution is -2.07. The minimum Gasteiger partial charge on any atom is -0.457 e. The molecule has 0 radical (unpaired) electrons. The molecular formula is C14H9Br2F3O. The molecule has 0 aromatic heterocycles. The number of halogens is 5. The standard InChI is InChI=1S/C14H9Br2F3O/c15-8-9-1-6-13(12(7-9)14(17,18)19)20-11-4-2-10(16)3-5-11/h1-7H,8H2. The van der Waals surface area contributed by atoms with Gasteiger partial charge >= 0.3 is 6.18 Å². The van der Waals surface area contributed by atoms with E-state index in [9.17, 15) is 13.2 Å². The number of hydrogen-bond donors (Lipinski definition) is 0. The molecule has 20 heavy (non-hydrogen) atoms. The summed E-state index contributed by atoms with van der Waals surface area (Å²) in [7, 11) is 0. The van der Waals surface area contributed by atoms with Gasteiger partial charge in [0.05, 0.1) is 5.56 Å². The molecule has 1 nitrogen and oxygen atoms in total. The smallest absolute Gasteiger partial charge is 0.419 e. The first-order valence-electron chi connectivity index (χ1n) is 5.59. The van der Waals surface area contributed by atoms with Crippen molar-refractivity contribution in [1.82, 2.24) is 0 Å². The van der Waals surface area contributed by atoms with E-state index in [4.69, 9.17) is 4.74 Å². The van der Waals surface area contributed by atoms with Crippen molar-refractivity contribution in [2.45, 2.75) is 11.5 Å². The van der Waals surface area contributed by atoms with Crippen LogP contribution in [0.15, 0.2) is 46.9 Å². The Kier molecular flexibility index (Phi) is 4.75. The van der Waals surface area contributed by atoms with E-state index in [0.717, 1.165) is 10.5 Å². The quantitative estimate of drug-likeness (QED) is 0.552. The Hall–Kier alpha value is -1.01. The first kappa shape index (κ1) is 15.4. The summed E-state index contributed by atoms with van der Waals surface area (Å²) in [5, 5.41) is 0.356. The highest BCUT2D eigenvalue weighted by atomic mass is 79.9. The van der Waals surface area contributed by atoms with Crippen LogP contribution in [-0.4, -0.2) is 0 Å². The average molecular weight is 410 g/mol. The third kappa shape index (κ3) is 3.76. The van der Waals surface area contributed by atoms with Gasteiger partial charge in [-0.15, -0.1) is 0 Å². The van der Waals surface area contributed by atoms with Crippen molar-refractivity contribution >= 4 is 31.9 Å². The third-order valence-electron chi connectivity index (χ3n) is 2.55. The number of rotatable bonds is 3. The minimum absolute atomic E-state index is 0.204. The van der Waals surface area contributed by atoms with Crippen molar-refractivity contribution < 1.29 is 17.9 Å². The molecule has 0 spiro atoms. The lowest BCUT2D eigenvalue weighted by molar-refractivity contribution is -0.138. The Morgan fingerprint density at radius 3 is 2.20 bits per heavy atom. The lowest BCUT2D eigenvalue weighted by Gasteiger charge is -2.14. The van der Waals surface area contributed by atoms with E-state index >= 15 is 0 Å². The molecule has 0 aliphatic rings. The van der Waals surface area contributed by atoms with Gasteiger partial charge in [-0.1, -0.05) is 37.9 Å². The topological polar surface area (TPSA) is 9.23 Å². The molecule has 2 aromatic rings. The van der Waals surface area contributed by atoms with Crippen LogP contribution in [0.25, 0.3) is 0 Å². The van der Waals surface area contributed by atoms with E-state index in [1.54, 1.807) is 30.3 Å². The van der Waals surface area contributed by atoms with Crippen LogP contribution >= 0.6 is 31.9 Å². The summed E-state index contributed by atoms with van der Waals surface area (Å²) in [5.41, 5.74) is -0.238. The van der Waals surface area contributed by atoms with Crippen LogP contribution in [0.3, 0.4) is 0 Å². The highest BCUT2D eigenvalue weighted by Gasteiger charge is 2.34. The van der Waals surface area contributed by atoms with Crippen LogP contribution in [0.5, 0.6) is 11.5 Å². The molecule has 0 aliphatic carbocycles. The van der Waals surface area contributed by atoms with Crippen LogP contribution < -0.4 is 4.74 Å². The van der Waals surface area contributed by atoms with Gasteiger partial charge in [0, 0.05) is 9.80 Å². The molecule has 106 valence electrons. The molecule has 2 aromatic carbocycles. The first-order valence-corrected chi connectivity index (χ1v) is 7.51.